The number of aromatic nitrogens is 1. The molecule has 0 saturated carbocycles. The van der Waals surface area contributed by atoms with Crippen molar-refractivity contribution in [2.45, 2.75) is 17.7 Å². The maximum Gasteiger partial charge on any atom is 0.240 e. The third-order valence-corrected chi connectivity index (χ3v) is 6.89. The van der Waals surface area contributed by atoms with Gasteiger partial charge in [-0.15, -0.1) is 0 Å². The highest BCUT2D eigenvalue weighted by Crippen LogP contribution is 2.31. The molecule has 8 heteroatoms. The zero-order chi connectivity index (χ0) is 23.4. The van der Waals surface area contributed by atoms with Crippen LogP contribution >= 0.6 is 0 Å². The van der Waals surface area contributed by atoms with Crippen LogP contribution in [0.4, 0.5) is 5.69 Å². The summed E-state index contributed by atoms with van der Waals surface area (Å²) in [5.41, 5.74) is 3.29. The van der Waals surface area contributed by atoms with Crippen molar-refractivity contribution >= 4 is 32.5 Å². The van der Waals surface area contributed by atoms with E-state index in [9.17, 15) is 13.2 Å². The molecule has 1 aromatic heterocycles. The molecule has 0 aliphatic carbocycles. The molecule has 3 N–H and O–H groups in total. The smallest absolute Gasteiger partial charge is 0.240 e. The molecule has 0 aliphatic heterocycles. The zero-order valence-electron chi connectivity index (χ0n) is 18.3. The number of H-pyrrole nitrogens is 1. The first-order valence-electron chi connectivity index (χ1n) is 10.5. The molecule has 0 aliphatic rings. The fourth-order valence-electron chi connectivity index (χ4n) is 3.89. The van der Waals surface area contributed by atoms with Gasteiger partial charge in [-0.05, 0) is 35.4 Å². The number of carbonyl (C=O) groups is 1. The Hall–Kier alpha value is -3.62. The summed E-state index contributed by atoms with van der Waals surface area (Å²) in [5.74, 6) is -0.144. The van der Waals surface area contributed by atoms with Crippen LogP contribution in [-0.2, 0) is 14.8 Å². The second kappa shape index (κ2) is 9.48. The number of anilines is 1. The van der Waals surface area contributed by atoms with Gasteiger partial charge in [-0.3, -0.25) is 4.79 Å². The number of amides is 1. The van der Waals surface area contributed by atoms with Crippen molar-refractivity contribution in [2.24, 2.45) is 0 Å². The molecule has 0 spiro atoms. The summed E-state index contributed by atoms with van der Waals surface area (Å²) in [6.07, 6.45) is 1.93. The van der Waals surface area contributed by atoms with Crippen molar-refractivity contribution in [3.8, 4) is 5.75 Å². The second-order valence-corrected chi connectivity index (χ2v) is 9.41. The van der Waals surface area contributed by atoms with Crippen molar-refractivity contribution in [2.75, 3.05) is 19.0 Å². The molecule has 1 heterocycles. The molecular formula is C25H25N3O4S. The van der Waals surface area contributed by atoms with Crippen LogP contribution < -0.4 is 14.8 Å². The van der Waals surface area contributed by atoms with Crippen molar-refractivity contribution in [1.82, 2.24) is 9.71 Å². The van der Waals surface area contributed by atoms with E-state index >= 15 is 0 Å². The molecule has 170 valence electrons. The molecule has 3 aromatic carbocycles. The Morgan fingerprint density at radius 3 is 2.48 bits per heavy atom. The molecule has 0 radical (unpaired) electrons. The van der Waals surface area contributed by atoms with Gasteiger partial charge in [0.1, 0.15) is 5.75 Å². The van der Waals surface area contributed by atoms with E-state index in [2.05, 4.69) is 15.0 Å². The second-order valence-electron chi connectivity index (χ2n) is 7.65. The third-order valence-electron chi connectivity index (χ3n) is 5.47. The van der Waals surface area contributed by atoms with Gasteiger partial charge in [0.25, 0.3) is 0 Å². The minimum absolute atomic E-state index is 0.0396. The summed E-state index contributed by atoms with van der Waals surface area (Å²) in [7, 11) is -2.40. The van der Waals surface area contributed by atoms with Gasteiger partial charge >= 0.3 is 0 Å². The van der Waals surface area contributed by atoms with Crippen LogP contribution in [0.25, 0.3) is 10.9 Å². The predicted molar refractivity (Wildman–Crippen MR) is 129 cm³/mol. The van der Waals surface area contributed by atoms with Crippen LogP contribution in [-0.4, -0.2) is 33.0 Å². The van der Waals surface area contributed by atoms with Gasteiger partial charge in [-0.2, -0.15) is 0 Å². The van der Waals surface area contributed by atoms with Crippen LogP contribution in [0, 0.1) is 0 Å². The van der Waals surface area contributed by atoms with Gasteiger partial charge in [0.15, 0.2) is 0 Å². The van der Waals surface area contributed by atoms with Crippen LogP contribution in [0.5, 0.6) is 5.75 Å². The lowest BCUT2D eigenvalue weighted by Crippen LogP contribution is -2.29. The van der Waals surface area contributed by atoms with Crippen LogP contribution in [0.3, 0.4) is 0 Å². The maximum absolute atomic E-state index is 13.2. The Bertz CT molecular complexity index is 1380. The number of hydrogen-bond donors (Lipinski definition) is 3. The van der Waals surface area contributed by atoms with Crippen molar-refractivity contribution < 1.29 is 17.9 Å². The Morgan fingerprint density at radius 2 is 1.76 bits per heavy atom. The number of aromatic amines is 1. The lowest BCUT2D eigenvalue weighted by atomic mass is 9.91. The first-order chi connectivity index (χ1) is 15.9. The summed E-state index contributed by atoms with van der Waals surface area (Å²) in [6.45, 7) is 1.51. The van der Waals surface area contributed by atoms with Gasteiger partial charge in [0.2, 0.25) is 15.9 Å². The fraction of sp³-hybridized carbons (Fsp3) is 0.160. The zero-order valence-corrected chi connectivity index (χ0v) is 19.1. The molecule has 0 bridgehead atoms. The van der Waals surface area contributed by atoms with E-state index in [0.717, 1.165) is 22.0 Å². The number of methoxy groups -OCH3 is 1. The Labute approximate surface area is 192 Å². The van der Waals surface area contributed by atoms with Gasteiger partial charge < -0.3 is 15.0 Å². The summed E-state index contributed by atoms with van der Waals surface area (Å²) in [6, 6.07) is 22.1. The Morgan fingerprint density at radius 1 is 1.03 bits per heavy atom. The lowest BCUT2D eigenvalue weighted by Gasteiger charge is -2.19. The maximum atomic E-state index is 13.2. The van der Waals surface area contributed by atoms with E-state index in [-0.39, 0.29) is 23.3 Å². The minimum Gasteiger partial charge on any atom is -0.495 e. The monoisotopic (exact) mass is 463 g/mol. The van der Waals surface area contributed by atoms with Gasteiger partial charge in [-0.25, -0.2) is 13.1 Å². The van der Waals surface area contributed by atoms with E-state index in [1.54, 1.807) is 0 Å². The first-order valence-corrected chi connectivity index (χ1v) is 11.9. The summed E-state index contributed by atoms with van der Waals surface area (Å²) in [4.78, 5) is 14.8. The molecule has 1 unspecified atom stereocenters. The number of carbonyl (C=O) groups excluding carboxylic acids is 1. The highest BCUT2D eigenvalue weighted by molar-refractivity contribution is 7.89. The number of fused-ring (bicyclic) bond motifs is 1. The molecule has 0 fully saturated rings. The van der Waals surface area contributed by atoms with Crippen molar-refractivity contribution in [3.63, 3.8) is 0 Å². The molecule has 7 nitrogen and oxygen atoms in total. The summed E-state index contributed by atoms with van der Waals surface area (Å²) < 4.78 is 34.3. The summed E-state index contributed by atoms with van der Waals surface area (Å²) in [5, 5.41) is 3.65. The SMILES string of the molecule is COc1ccc(S(=O)(=O)NCC(c2ccccc2)c2c[nH]c3ccccc23)cc1NC(C)=O. The summed E-state index contributed by atoms with van der Waals surface area (Å²) >= 11 is 0. The first kappa shape index (κ1) is 22.6. The Balaban J connectivity index is 1.66. The predicted octanol–water partition coefficient (Wildman–Crippen LogP) is 4.25. The quantitative estimate of drug-likeness (QED) is 0.364. The van der Waals surface area contributed by atoms with E-state index in [1.807, 2.05) is 60.8 Å². The van der Waals surface area contributed by atoms with Crippen LogP contribution in [0.1, 0.15) is 24.0 Å². The molecule has 33 heavy (non-hydrogen) atoms. The van der Waals surface area contributed by atoms with Crippen LogP contribution in [0.2, 0.25) is 0 Å². The van der Waals surface area contributed by atoms with E-state index in [1.165, 1.54) is 32.2 Å². The lowest BCUT2D eigenvalue weighted by molar-refractivity contribution is -0.114. The molecule has 4 rings (SSSR count). The minimum atomic E-state index is -3.86. The molecule has 1 amide bonds. The third kappa shape index (κ3) is 4.92. The van der Waals surface area contributed by atoms with Crippen molar-refractivity contribution in [1.29, 1.82) is 0 Å². The number of para-hydroxylation sites is 1. The van der Waals surface area contributed by atoms with Gasteiger partial charge in [0.05, 0.1) is 17.7 Å². The average molecular weight is 464 g/mol. The largest absolute Gasteiger partial charge is 0.495 e. The molecular weight excluding hydrogens is 438 g/mol. The average Bonchev–Trinajstić information content (AvgIpc) is 3.23. The highest BCUT2D eigenvalue weighted by Gasteiger charge is 2.23. The standard InChI is InChI=1S/C25H25N3O4S/c1-17(29)28-24-14-19(12-13-25(24)32-2)33(30,31)27-16-21(18-8-4-3-5-9-18)22-15-26-23-11-7-6-10-20(22)23/h3-15,21,26-27H,16H2,1-2H3,(H,28,29). The number of sulfonamides is 1. The number of benzene rings is 3. The van der Waals surface area contributed by atoms with E-state index in [4.69, 9.17) is 4.74 Å². The van der Waals surface area contributed by atoms with Crippen LogP contribution in [0.15, 0.2) is 83.9 Å². The van der Waals surface area contributed by atoms with E-state index in [0.29, 0.717) is 11.4 Å². The number of ether oxygens (including phenoxy) is 1. The topological polar surface area (TPSA) is 100 Å². The number of rotatable bonds is 8. The fourth-order valence-corrected chi connectivity index (χ4v) is 4.97. The number of hydrogen-bond acceptors (Lipinski definition) is 4. The highest BCUT2D eigenvalue weighted by atomic mass is 32.2. The molecule has 1 atom stereocenters. The van der Waals surface area contributed by atoms with Gasteiger partial charge in [-0.1, -0.05) is 48.5 Å². The normalized spacial score (nSPS) is 12.4. The molecule has 0 saturated heterocycles. The van der Waals surface area contributed by atoms with Gasteiger partial charge in [0, 0.05) is 36.5 Å². The molecule has 4 aromatic rings. The van der Waals surface area contributed by atoms with E-state index < -0.39 is 10.0 Å². The van der Waals surface area contributed by atoms with Crippen molar-refractivity contribution in [3.05, 3.63) is 90.1 Å². The number of nitrogens with one attached hydrogen (secondary N) is 3. The Kier molecular flexibility index (Phi) is 6.48.